The van der Waals surface area contributed by atoms with Crippen LogP contribution >= 0.6 is 0 Å². The zero-order chi connectivity index (χ0) is 35.6. The number of hydrogen-bond acceptors (Lipinski definition) is 0. The van der Waals surface area contributed by atoms with Crippen LogP contribution in [-0.4, -0.2) is 0 Å². The molecule has 0 fully saturated rings. The van der Waals surface area contributed by atoms with Crippen LogP contribution in [0.2, 0.25) is 0 Å². The lowest BCUT2D eigenvalue weighted by molar-refractivity contribution is 1.18. The van der Waals surface area contributed by atoms with Crippen molar-refractivity contribution >= 4 is 28.9 Å². The molecule has 7 aromatic carbocycles. The van der Waals surface area contributed by atoms with Gasteiger partial charge >= 0.3 is 0 Å². The van der Waals surface area contributed by atoms with Crippen molar-refractivity contribution in [3.63, 3.8) is 0 Å². The minimum absolute atomic E-state index is 0.914. The summed E-state index contributed by atoms with van der Waals surface area (Å²) < 4.78 is 0. The Bertz CT molecular complexity index is 2810. The summed E-state index contributed by atoms with van der Waals surface area (Å²) in [6, 6.07) is 67.1. The molecule has 0 heteroatoms. The zero-order valence-electron chi connectivity index (χ0n) is 29.9. The van der Waals surface area contributed by atoms with Gasteiger partial charge in [0, 0.05) is 0 Å². The topological polar surface area (TPSA) is 0 Å². The van der Waals surface area contributed by atoms with E-state index < -0.39 is 0 Å². The maximum Gasteiger partial charge on any atom is -0.000462 e. The van der Waals surface area contributed by atoms with Crippen molar-refractivity contribution in [1.29, 1.82) is 0 Å². The van der Waals surface area contributed by atoms with Crippen molar-refractivity contribution in [2.75, 3.05) is 0 Å². The van der Waals surface area contributed by atoms with Crippen LogP contribution < -0.4 is 0 Å². The molecule has 0 atom stereocenters. The summed E-state index contributed by atoms with van der Waals surface area (Å²) in [6.07, 6.45) is 6.77. The van der Waals surface area contributed by atoms with Gasteiger partial charge < -0.3 is 0 Å². The van der Waals surface area contributed by atoms with Gasteiger partial charge in [-0.25, -0.2) is 0 Å². The predicted molar refractivity (Wildman–Crippen MR) is 226 cm³/mol. The van der Waals surface area contributed by atoms with Crippen LogP contribution in [0.4, 0.5) is 0 Å². The molecule has 0 aromatic heterocycles. The Labute approximate surface area is 317 Å². The molecule has 0 amide bonds. The minimum Gasteiger partial charge on any atom is -0.0622 e. The van der Waals surface area contributed by atoms with Crippen molar-refractivity contribution in [3.8, 4) is 22.3 Å². The lowest BCUT2D eigenvalue weighted by Gasteiger charge is -2.19. The number of rotatable bonds is 6. The van der Waals surface area contributed by atoms with E-state index in [2.05, 4.69) is 194 Å². The van der Waals surface area contributed by atoms with Gasteiger partial charge in [0.15, 0.2) is 0 Å². The molecule has 4 aliphatic rings. The van der Waals surface area contributed by atoms with Crippen LogP contribution in [0, 0.1) is 0 Å². The lowest BCUT2D eigenvalue weighted by Crippen LogP contribution is -2.01. The average molecular weight is 685 g/mol. The molecule has 4 aliphatic carbocycles. The zero-order valence-corrected chi connectivity index (χ0v) is 29.9. The molecule has 0 nitrogen and oxygen atoms in total. The van der Waals surface area contributed by atoms with Crippen molar-refractivity contribution in [2.24, 2.45) is 0 Å². The third kappa shape index (κ3) is 4.84. The monoisotopic (exact) mass is 684 g/mol. The minimum atomic E-state index is 0.914. The molecule has 0 N–H and O–H groups in total. The average Bonchev–Trinajstić information content (AvgIpc) is 4.01. The Morgan fingerprint density at radius 3 is 1.09 bits per heavy atom. The largest absolute Gasteiger partial charge is 0.0622 e. The predicted octanol–water partition coefficient (Wildman–Crippen LogP) is 13.3. The van der Waals surface area contributed by atoms with E-state index in [1.165, 1.54) is 111 Å². The summed E-state index contributed by atoms with van der Waals surface area (Å²) in [4.78, 5) is 0. The molecule has 0 saturated carbocycles. The highest BCUT2D eigenvalue weighted by atomic mass is 14.4. The van der Waals surface area contributed by atoms with E-state index in [-0.39, 0.29) is 0 Å². The summed E-state index contributed by atoms with van der Waals surface area (Å²) in [5.74, 6) is 0. The molecule has 0 radical (unpaired) electrons. The van der Waals surface area contributed by atoms with Crippen LogP contribution in [-0.2, 0) is 12.8 Å². The normalized spacial score (nSPS) is 15.3. The molecule has 11 rings (SSSR count). The Morgan fingerprint density at radius 1 is 0.259 bits per heavy atom. The van der Waals surface area contributed by atoms with Crippen molar-refractivity contribution in [2.45, 2.75) is 12.8 Å². The van der Waals surface area contributed by atoms with E-state index in [0.29, 0.717) is 0 Å². The second-order valence-corrected chi connectivity index (χ2v) is 14.7. The van der Waals surface area contributed by atoms with Crippen LogP contribution in [0.1, 0.15) is 44.5 Å². The number of allylic oxidation sites excluding steroid dienone is 7. The van der Waals surface area contributed by atoms with Gasteiger partial charge in [-0.05, 0) is 136 Å². The molecular weight excluding hydrogens is 649 g/mol. The van der Waals surface area contributed by atoms with Crippen LogP contribution in [0.15, 0.2) is 210 Å². The number of benzene rings is 7. The summed E-state index contributed by atoms with van der Waals surface area (Å²) in [5, 5.41) is 0. The third-order valence-electron chi connectivity index (χ3n) is 11.7. The van der Waals surface area contributed by atoms with Gasteiger partial charge in [-0.3, -0.25) is 0 Å². The quantitative estimate of drug-likeness (QED) is 0.164. The first kappa shape index (κ1) is 30.8. The summed E-state index contributed by atoms with van der Waals surface area (Å²) in [6.45, 7) is 0. The Balaban J connectivity index is 1.29. The molecule has 7 aromatic rings. The molecule has 0 heterocycles. The first-order valence-corrected chi connectivity index (χ1v) is 19.0. The lowest BCUT2D eigenvalue weighted by atomic mass is 9.84. The smallest absolute Gasteiger partial charge is 0.000462 e. The second-order valence-electron chi connectivity index (χ2n) is 14.7. The van der Waals surface area contributed by atoms with Gasteiger partial charge in [0.05, 0.1) is 0 Å². The van der Waals surface area contributed by atoms with Gasteiger partial charge in [-0.1, -0.05) is 182 Å². The summed E-state index contributed by atoms with van der Waals surface area (Å²) >= 11 is 0. The molecular formula is C54H36. The van der Waals surface area contributed by atoms with Crippen molar-refractivity contribution in [3.05, 3.63) is 254 Å². The standard InChI is InChI=1S/C54H36/c1-5-17-35(18-6-1)45-33-47-48(34-46(45)36-19-7-2-8-20-36)53-50(38-23-11-4-12-24-38)51(43-29-39-25-13-14-26-40(39)30-43)52(44-31-41-27-15-16-28-42(41)32-44)54(53)49(47)37-21-9-3-10-22-37/h1-29,31,33-34H,30,32H2. The second kappa shape index (κ2) is 12.4. The van der Waals surface area contributed by atoms with Gasteiger partial charge in [0.25, 0.3) is 0 Å². The third-order valence-corrected chi connectivity index (χ3v) is 11.7. The van der Waals surface area contributed by atoms with Gasteiger partial charge in [0.2, 0.25) is 0 Å². The summed E-state index contributed by atoms with van der Waals surface area (Å²) in [5.41, 5.74) is 26.5. The van der Waals surface area contributed by atoms with Gasteiger partial charge in [-0.15, -0.1) is 0 Å². The van der Waals surface area contributed by atoms with Crippen molar-refractivity contribution < 1.29 is 0 Å². The first-order chi connectivity index (χ1) is 26.8. The molecule has 0 unspecified atom stereocenters. The maximum atomic E-state index is 2.51. The molecule has 0 saturated heterocycles. The summed E-state index contributed by atoms with van der Waals surface area (Å²) in [7, 11) is 0. The van der Waals surface area contributed by atoms with Crippen LogP contribution in [0.25, 0.3) is 51.1 Å². The SMILES string of the molecule is C1=C(C2=C(C3=Cc4ccccc4C3)C(c3ccccc3)=C3C2=C(c2ccccc2)c2cc(-c4ccccc4)c(-c4ccccc4)cc23)Cc2ccccc21. The maximum absolute atomic E-state index is 2.51. The fourth-order valence-electron chi connectivity index (χ4n) is 9.33. The first-order valence-electron chi connectivity index (χ1n) is 19.0. The van der Waals surface area contributed by atoms with Crippen molar-refractivity contribution in [1.82, 2.24) is 0 Å². The fourth-order valence-corrected chi connectivity index (χ4v) is 9.33. The van der Waals surface area contributed by atoms with E-state index in [0.717, 1.165) is 12.8 Å². The van der Waals surface area contributed by atoms with E-state index in [1.807, 2.05) is 0 Å². The number of fused-ring (bicyclic) bond motifs is 5. The molecule has 0 bridgehead atoms. The molecule has 0 spiro atoms. The molecule has 252 valence electrons. The highest BCUT2D eigenvalue weighted by Gasteiger charge is 2.42. The Morgan fingerprint density at radius 2 is 0.630 bits per heavy atom. The Hall–Kier alpha value is -6.76. The highest BCUT2D eigenvalue weighted by Crippen LogP contribution is 2.62. The van der Waals surface area contributed by atoms with E-state index in [4.69, 9.17) is 0 Å². The van der Waals surface area contributed by atoms with Crippen LogP contribution in [0.3, 0.4) is 0 Å². The highest BCUT2D eigenvalue weighted by molar-refractivity contribution is 6.24. The van der Waals surface area contributed by atoms with E-state index >= 15 is 0 Å². The van der Waals surface area contributed by atoms with E-state index in [1.54, 1.807) is 0 Å². The van der Waals surface area contributed by atoms with Crippen LogP contribution in [0.5, 0.6) is 0 Å². The molecule has 54 heavy (non-hydrogen) atoms. The van der Waals surface area contributed by atoms with Gasteiger partial charge in [0.1, 0.15) is 0 Å². The van der Waals surface area contributed by atoms with Gasteiger partial charge in [-0.2, -0.15) is 0 Å². The number of hydrogen-bond donors (Lipinski definition) is 0. The van der Waals surface area contributed by atoms with E-state index in [9.17, 15) is 0 Å². The fraction of sp³-hybridized carbons (Fsp3) is 0.0370. The molecule has 0 aliphatic heterocycles. The Kier molecular flexibility index (Phi) is 7.10.